The van der Waals surface area contributed by atoms with Gasteiger partial charge < -0.3 is 0 Å². The first kappa shape index (κ1) is 16.6. The molecule has 0 saturated heterocycles. The molecule has 0 unspecified atom stereocenters. The standard InChI is InChI=1S/C8H11N.C7H11N.CH4/c1-7(2)8-5-3-4-6-9-8;1-6(2)7-4-3-5-8-7;/h3-7H,1-2H3;3-4,6H,5H2,1-2H3;1H4. The fourth-order valence-corrected chi connectivity index (χ4v) is 1.48. The second-order valence-corrected chi connectivity index (χ2v) is 4.73. The number of hydrogen-bond donors (Lipinski definition) is 0. The van der Waals surface area contributed by atoms with Gasteiger partial charge in [0, 0.05) is 17.6 Å². The van der Waals surface area contributed by atoms with E-state index in [-0.39, 0.29) is 7.43 Å². The molecule has 2 nitrogen and oxygen atoms in total. The molecular formula is C16H26N2. The molecule has 0 fully saturated rings. The van der Waals surface area contributed by atoms with E-state index in [0.717, 1.165) is 12.2 Å². The first-order valence-corrected chi connectivity index (χ1v) is 6.23. The molecule has 1 aromatic heterocycles. The minimum absolute atomic E-state index is 0. The number of aliphatic imine (C=N–C) groups is 1. The third kappa shape index (κ3) is 5.76. The van der Waals surface area contributed by atoms with Crippen LogP contribution in [0.2, 0.25) is 0 Å². The van der Waals surface area contributed by atoms with Gasteiger partial charge in [0.1, 0.15) is 0 Å². The molecule has 18 heavy (non-hydrogen) atoms. The second kappa shape index (κ2) is 8.62. The maximum atomic E-state index is 4.24. The molecule has 0 bridgehead atoms. The highest BCUT2D eigenvalue weighted by molar-refractivity contribution is 5.97. The Kier molecular flexibility index (Phi) is 7.93. The van der Waals surface area contributed by atoms with E-state index < -0.39 is 0 Å². The van der Waals surface area contributed by atoms with Crippen molar-refractivity contribution in [2.45, 2.75) is 41.0 Å². The van der Waals surface area contributed by atoms with Gasteiger partial charge >= 0.3 is 0 Å². The van der Waals surface area contributed by atoms with Crippen molar-refractivity contribution in [3.05, 3.63) is 42.2 Å². The van der Waals surface area contributed by atoms with Crippen LogP contribution in [0.5, 0.6) is 0 Å². The van der Waals surface area contributed by atoms with Crippen LogP contribution in [0.25, 0.3) is 0 Å². The molecule has 0 spiro atoms. The van der Waals surface area contributed by atoms with Crippen LogP contribution in [0, 0.1) is 5.92 Å². The summed E-state index contributed by atoms with van der Waals surface area (Å²) in [4.78, 5) is 8.42. The van der Waals surface area contributed by atoms with E-state index in [0.29, 0.717) is 11.8 Å². The number of pyridine rings is 1. The molecule has 1 aromatic rings. The zero-order valence-electron chi connectivity index (χ0n) is 11.2. The van der Waals surface area contributed by atoms with Crippen molar-refractivity contribution in [3.8, 4) is 0 Å². The number of nitrogens with zero attached hydrogens (tertiary/aromatic N) is 2. The van der Waals surface area contributed by atoms with E-state index in [1.165, 1.54) is 5.71 Å². The van der Waals surface area contributed by atoms with Crippen LogP contribution in [0.1, 0.15) is 46.7 Å². The lowest BCUT2D eigenvalue weighted by Crippen LogP contribution is -2.00. The van der Waals surface area contributed by atoms with Crippen molar-refractivity contribution >= 4 is 5.71 Å². The average molecular weight is 246 g/mol. The Morgan fingerprint density at radius 1 is 1.06 bits per heavy atom. The molecule has 100 valence electrons. The van der Waals surface area contributed by atoms with Crippen molar-refractivity contribution < 1.29 is 0 Å². The zero-order valence-corrected chi connectivity index (χ0v) is 11.2. The summed E-state index contributed by atoms with van der Waals surface area (Å²) >= 11 is 0. The van der Waals surface area contributed by atoms with Gasteiger partial charge in [0.25, 0.3) is 0 Å². The monoisotopic (exact) mass is 246 g/mol. The van der Waals surface area contributed by atoms with Crippen molar-refractivity contribution in [1.82, 2.24) is 4.98 Å². The predicted molar refractivity (Wildman–Crippen MR) is 81.3 cm³/mol. The number of allylic oxidation sites excluding steroid dienone is 1. The summed E-state index contributed by atoms with van der Waals surface area (Å²) in [6.45, 7) is 9.50. The second-order valence-electron chi connectivity index (χ2n) is 4.73. The Hall–Kier alpha value is -1.44. The van der Waals surface area contributed by atoms with Gasteiger partial charge in [-0.05, 0) is 30.0 Å². The molecule has 2 heterocycles. The summed E-state index contributed by atoms with van der Waals surface area (Å²) < 4.78 is 0. The van der Waals surface area contributed by atoms with E-state index in [2.05, 4.69) is 49.8 Å². The van der Waals surface area contributed by atoms with Crippen LogP contribution in [0.4, 0.5) is 0 Å². The molecule has 0 saturated carbocycles. The highest BCUT2D eigenvalue weighted by Gasteiger charge is 2.02. The van der Waals surface area contributed by atoms with Crippen molar-refractivity contribution in [1.29, 1.82) is 0 Å². The largest absolute Gasteiger partial charge is 0.285 e. The van der Waals surface area contributed by atoms with Crippen molar-refractivity contribution in [2.24, 2.45) is 10.9 Å². The lowest BCUT2D eigenvalue weighted by atomic mass is 10.1. The molecule has 1 aliphatic heterocycles. The fourth-order valence-electron chi connectivity index (χ4n) is 1.48. The van der Waals surface area contributed by atoms with Crippen LogP contribution in [0.3, 0.4) is 0 Å². The number of aromatic nitrogens is 1. The first-order chi connectivity index (χ1) is 8.11. The maximum Gasteiger partial charge on any atom is 0.0577 e. The normalized spacial score (nSPS) is 12.9. The van der Waals surface area contributed by atoms with E-state index in [9.17, 15) is 0 Å². The Morgan fingerprint density at radius 3 is 2.06 bits per heavy atom. The fraction of sp³-hybridized carbons (Fsp3) is 0.500. The van der Waals surface area contributed by atoms with Gasteiger partial charge in [-0.1, -0.05) is 47.3 Å². The average Bonchev–Trinajstić information content (AvgIpc) is 2.84. The summed E-state index contributed by atoms with van der Waals surface area (Å²) in [7, 11) is 0. The third-order valence-corrected chi connectivity index (χ3v) is 2.54. The highest BCUT2D eigenvalue weighted by atomic mass is 14.7. The minimum atomic E-state index is 0. The molecule has 1 aliphatic rings. The van der Waals surface area contributed by atoms with E-state index >= 15 is 0 Å². The number of hydrogen-bond acceptors (Lipinski definition) is 2. The van der Waals surface area contributed by atoms with Gasteiger partial charge in [-0.25, -0.2) is 0 Å². The van der Waals surface area contributed by atoms with E-state index in [4.69, 9.17) is 0 Å². The molecule has 2 rings (SSSR count). The molecular weight excluding hydrogens is 220 g/mol. The summed E-state index contributed by atoms with van der Waals surface area (Å²) in [5, 5.41) is 0. The zero-order chi connectivity index (χ0) is 12.7. The molecule has 2 heteroatoms. The van der Waals surface area contributed by atoms with Gasteiger partial charge in [-0.15, -0.1) is 0 Å². The Balaban J connectivity index is 0.000000306. The molecule has 0 aromatic carbocycles. The first-order valence-electron chi connectivity index (χ1n) is 6.23. The molecule has 0 atom stereocenters. The van der Waals surface area contributed by atoms with Crippen LogP contribution >= 0.6 is 0 Å². The quantitative estimate of drug-likeness (QED) is 0.754. The van der Waals surface area contributed by atoms with Gasteiger partial charge in [-0.2, -0.15) is 0 Å². The smallest absolute Gasteiger partial charge is 0.0577 e. The summed E-state index contributed by atoms with van der Waals surface area (Å²) in [5.74, 6) is 1.15. The summed E-state index contributed by atoms with van der Waals surface area (Å²) in [6.07, 6.45) is 6.02. The summed E-state index contributed by atoms with van der Waals surface area (Å²) in [6, 6.07) is 6.00. The van der Waals surface area contributed by atoms with E-state index in [1.807, 2.05) is 24.4 Å². The topological polar surface area (TPSA) is 25.2 Å². The molecule has 0 radical (unpaired) electrons. The lowest BCUT2D eigenvalue weighted by Gasteiger charge is -2.00. The Morgan fingerprint density at radius 2 is 1.78 bits per heavy atom. The van der Waals surface area contributed by atoms with Crippen LogP contribution in [-0.2, 0) is 0 Å². The van der Waals surface area contributed by atoms with E-state index in [1.54, 1.807) is 0 Å². The molecule has 0 N–H and O–H groups in total. The predicted octanol–water partition coefficient (Wildman–Crippen LogP) is 4.49. The molecule has 0 amide bonds. The lowest BCUT2D eigenvalue weighted by molar-refractivity contribution is 0.823. The van der Waals surface area contributed by atoms with Crippen molar-refractivity contribution in [3.63, 3.8) is 0 Å². The van der Waals surface area contributed by atoms with Crippen molar-refractivity contribution in [2.75, 3.05) is 6.54 Å². The molecule has 0 aliphatic carbocycles. The van der Waals surface area contributed by atoms with Crippen LogP contribution in [0.15, 0.2) is 41.5 Å². The van der Waals surface area contributed by atoms with Gasteiger partial charge in [-0.3, -0.25) is 9.98 Å². The van der Waals surface area contributed by atoms with Gasteiger partial charge in [0.05, 0.1) is 6.54 Å². The summed E-state index contributed by atoms with van der Waals surface area (Å²) in [5.41, 5.74) is 2.41. The Bertz CT molecular complexity index is 375. The van der Waals surface area contributed by atoms with Gasteiger partial charge in [0.2, 0.25) is 0 Å². The highest BCUT2D eigenvalue weighted by Crippen LogP contribution is 2.08. The minimum Gasteiger partial charge on any atom is -0.285 e. The number of rotatable bonds is 2. The SMILES string of the molecule is C.CC(C)C1=NCC=C1.CC(C)c1ccccn1. The van der Waals surface area contributed by atoms with Gasteiger partial charge in [0.15, 0.2) is 0 Å². The van der Waals surface area contributed by atoms with Crippen LogP contribution in [-0.4, -0.2) is 17.2 Å². The Labute approximate surface area is 112 Å². The third-order valence-electron chi connectivity index (χ3n) is 2.54. The maximum absolute atomic E-state index is 4.24. The van der Waals surface area contributed by atoms with Crippen LogP contribution < -0.4 is 0 Å².